The fourth-order valence-electron chi connectivity index (χ4n) is 2.69. The van der Waals surface area contributed by atoms with Gasteiger partial charge in [0.25, 0.3) is 5.91 Å². The van der Waals surface area contributed by atoms with Crippen molar-refractivity contribution in [3.8, 4) is 11.3 Å². The van der Waals surface area contributed by atoms with Gasteiger partial charge in [0.1, 0.15) is 23.3 Å². The molecular weight excluding hydrogens is 385 g/mol. The molecule has 0 unspecified atom stereocenters. The number of halogens is 1. The van der Waals surface area contributed by atoms with Gasteiger partial charge in [-0.15, -0.1) is 0 Å². The Bertz CT molecular complexity index is 1170. The Morgan fingerprint density at radius 3 is 2.57 bits per heavy atom. The lowest BCUT2D eigenvalue weighted by atomic mass is 10.0. The molecule has 2 N–H and O–H groups in total. The van der Waals surface area contributed by atoms with Gasteiger partial charge in [-0.1, -0.05) is 12.7 Å². The predicted octanol–water partition coefficient (Wildman–Crippen LogP) is 3.05. The molecule has 1 amide bonds. The van der Waals surface area contributed by atoms with E-state index in [0.29, 0.717) is 16.5 Å². The Labute approximate surface area is 161 Å². The van der Waals surface area contributed by atoms with E-state index < -0.39 is 21.6 Å². The second-order valence-electron chi connectivity index (χ2n) is 6.12. The van der Waals surface area contributed by atoms with Gasteiger partial charge in [-0.05, 0) is 30.3 Å². The van der Waals surface area contributed by atoms with Gasteiger partial charge in [0.15, 0.2) is 9.84 Å². The van der Waals surface area contributed by atoms with Gasteiger partial charge in [-0.25, -0.2) is 12.8 Å². The van der Waals surface area contributed by atoms with E-state index in [0.717, 1.165) is 6.26 Å². The zero-order chi connectivity index (χ0) is 20.5. The number of anilines is 1. The van der Waals surface area contributed by atoms with Crippen LogP contribution < -0.4 is 10.6 Å². The van der Waals surface area contributed by atoms with E-state index in [1.54, 1.807) is 6.07 Å². The van der Waals surface area contributed by atoms with Crippen LogP contribution in [0.25, 0.3) is 28.5 Å². The zero-order valence-corrected chi connectivity index (χ0v) is 16.1. The highest BCUT2D eigenvalue weighted by Gasteiger charge is 2.23. The van der Waals surface area contributed by atoms with E-state index >= 15 is 0 Å². The molecule has 0 saturated carbocycles. The van der Waals surface area contributed by atoms with Gasteiger partial charge in [0.05, 0.1) is 10.9 Å². The summed E-state index contributed by atoms with van der Waals surface area (Å²) in [6.45, 7) is 3.71. The minimum Gasteiger partial charge on any atom is -0.437 e. The average Bonchev–Trinajstić information content (AvgIpc) is 3.03. The van der Waals surface area contributed by atoms with E-state index in [4.69, 9.17) is 4.42 Å². The monoisotopic (exact) mass is 403 g/mol. The number of benzene rings is 1. The van der Waals surface area contributed by atoms with Crippen LogP contribution in [0.5, 0.6) is 0 Å². The SMILES string of the molecule is C=Cc1cc2c(C(=O)NC)c(-c3ccc(F)cc3)oc2nc1NCS(C)(=O)=O. The number of carbonyl (C=O) groups is 1. The van der Waals surface area contributed by atoms with Crippen molar-refractivity contribution in [2.24, 2.45) is 0 Å². The van der Waals surface area contributed by atoms with E-state index in [9.17, 15) is 17.6 Å². The number of carbonyl (C=O) groups excluding carboxylic acids is 1. The van der Waals surface area contributed by atoms with Crippen molar-refractivity contribution < 1.29 is 22.0 Å². The normalized spacial score (nSPS) is 11.4. The van der Waals surface area contributed by atoms with Crippen LogP contribution in [-0.4, -0.2) is 38.5 Å². The largest absolute Gasteiger partial charge is 0.437 e. The van der Waals surface area contributed by atoms with Crippen LogP contribution in [-0.2, 0) is 9.84 Å². The second kappa shape index (κ2) is 7.43. The van der Waals surface area contributed by atoms with Crippen LogP contribution in [0.3, 0.4) is 0 Å². The van der Waals surface area contributed by atoms with Gasteiger partial charge >= 0.3 is 0 Å². The molecule has 0 bridgehead atoms. The molecule has 0 saturated heterocycles. The van der Waals surface area contributed by atoms with Crippen LogP contribution in [0.2, 0.25) is 0 Å². The Hall–Kier alpha value is -3.20. The number of aromatic nitrogens is 1. The molecule has 2 aromatic heterocycles. The van der Waals surface area contributed by atoms with E-state index in [1.165, 1.54) is 37.4 Å². The number of nitrogens with one attached hydrogen (secondary N) is 2. The lowest BCUT2D eigenvalue weighted by Gasteiger charge is -2.07. The van der Waals surface area contributed by atoms with Crippen molar-refractivity contribution in [2.45, 2.75) is 0 Å². The van der Waals surface area contributed by atoms with E-state index in [-0.39, 0.29) is 28.7 Å². The van der Waals surface area contributed by atoms with Crippen molar-refractivity contribution in [3.63, 3.8) is 0 Å². The minimum atomic E-state index is -3.28. The van der Waals surface area contributed by atoms with Gasteiger partial charge in [-0.2, -0.15) is 4.98 Å². The summed E-state index contributed by atoms with van der Waals surface area (Å²) in [6.07, 6.45) is 2.59. The van der Waals surface area contributed by atoms with Crippen LogP contribution in [0.4, 0.5) is 10.2 Å². The fourth-order valence-corrected chi connectivity index (χ4v) is 3.09. The van der Waals surface area contributed by atoms with Gasteiger partial charge < -0.3 is 15.1 Å². The molecule has 0 radical (unpaired) electrons. The van der Waals surface area contributed by atoms with Gasteiger partial charge in [0.2, 0.25) is 5.71 Å². The lowest BCUT2D eigenvalue weighted by molar-refractivity contribution is 0.0964. The highest BCUT2D eigenvalue weighted by atomic mass is 32.2. The molecular formula is C19H18FN3O4S. The first-order valence-corrected chi connectivity index (χ1v) is 10.3. The average molecular weight is 403 g/mol. The van der Waals surface area contributed by atoms with Crippen LogP contribution in [0, 0.1) is 5.82 Å². The molecule has 0 fully saturated rings. The van der Waals surface area contributed by atoms with Gasteiger partial charge in [-0.3, -0.25) is 4.79 Å². The molecule has 2 heterocycles. The van der Waals surface area contributed by atoms with Crippen molar-refractivity contribution >= 4 is 38.7 Å². The van der Waals surface area contributed by atoms with Gasteiger partial charge in [0, 0.05) is 24.4 Å². The lowest BCUT2D eigenvalue weighted by Crippen LogP contribution is -2.18. The first kappa shape index (κ1) is 19.6. The van der Waals surface area contributed by atoms with Crippen molar-refractivity contribution in [1.82, 2.24) is 10.3 Å². The number of amides is 1. The molecule has 0 aliphatic carbocycles. The third-order valence-corrected chi connectivity index (χ3v) is 4.66. The predicted molar refractivity (Wildman–Crippen MR) is 106 cm³/mol. The summed E-state index contributed by atoms with van der Waals surface area (Å²) in [4.78, 5) is 16.8. The second-order valence-corrected chi connectivity index (χ2v) is 8.26. The number of hydrogen-bond acceptors (Lipinski definition) is 6. The Morgan fingerprint density at radius 1 is 1.32 bits per heavy atom. The highest BCUT2D eigenvalue weighted by Crippen LogP contribution is 2.35. The number of nitrogens with zero attached hydrogens (tertiary/aromatic N) is 1. The molecule has 0 atom stereocenters. The van der Waals surface area contributed by atoms with Crippen molar-refractivity contribution in [2.75, 3.05) is 24.5 Å². The van der Waals surface area contributed by atoms with Crippen LogP contribution in [0.15, 0.2) is 41.3 Å². The molecule has 3 rings (SSSR count). The number of pyridine rings is 1. The maximum Gasteiger partial charge on any atom is 0.255 e. The maximum atomic E-state index is 13.3. The van der Waals surface area contributed by atoms with Crippen molar-refractivity contribution in [1.29, 1.82) is 0 Å². The molecule has 0 aliphatic heterocycles. The van der Waals surface area contributed by atoms with E-state index in [2.05, 4.69) is 22.2 Å². The summed E-state index contributed by atoms with van der Waals surface area (Å²) in [7, 11) is -1.80. The molecule has 9 heteroatoms. The highest BCUT2D eigenvalue weighted by molar-refractivity contribution is 7.90. The smallest absolute Gasteiger partial charge is 0.255 e. The van der Waals surface area contributed by atoms with E-state index in [1.807, 2.05) is 0 Å². The Morgan fingerprint density at radius 2 is 2.00 bits per heavy atom. The standard InChI is InChI=1S/C19H18FN3O4S/c1-4-11-9-14-15(18(24)21-2)16(12-5-7-13(20)8-6-12)27-19(14)23-17(11)22-10-28(3,25)26/h4-9H,1,10H2,2-3H3,(H,21,24)(H,22,23). The summed E-state index contributed by atoms with van der Waals surface area (Å²) >= 11 is 0. The summed E-state index contributed by atoms with van der Waals surface area (Å²) in [6, 6.07) is 7.16. The van der Waals surface area contributed by atoms with Crippen molar-refractivity contribution in [3.05, 3.63) is 53.9 Å². The summed E-state index contributed by atoms with van der Waals surface area (Å²) in [5.74, 6) is -0.638. The first-order valence-electron chi connectivity index (χ1n) is 8.23. The summed E-state index contributed by atoms with van der Waals surface area (Å²) in [5.41, 5.74) is 1.39. The first-order chi connectivity index (χ1) is 13.2. The number of sulfone groups is 1. The molecule has 3 aromatic rings. The molecule has 146 valence electrons. The number of fused-ring (bicyclic) bond motifs is 1. The minimum absolute atomic E-state index is 0.138. The fraction of sp³-hybridized carbons (Fsp3) is 0.158. The quantitative estimate of drug-likeness (QED) is 0.656. The Kier molecular flexibility index (Phi) is 5.19. The maximum absolute atomic E-state index is 13.3. The third-order valence-electron chi connectivity index (χ3n) is 3.99. The zero-order valence-electron chi connectivity index (χ0n) is 15.2. The molecule has 0 spiro atoms. The van der Waals surface area contributed by atoms with Crippen LogP contribution >= 0.6 is 0 Å². The number of rotatable bonds is 6. The molecule has 7 nitrogen and oxygen atoms in total. The molecule has 1 aromatic carbocycles. The summed E-state index contributed by atoms with van der Waals surface area (Å²) in [5, 5.41) is 5.72. The number of furan rings is 1. The topological polar surface area (TPSA) is 101 Å². The molecule has 0 aliphatic rings. The summed E-state index contributed by atoms with van der Waals surface area (Å²) < 4.78 is 42.0. The third kappa shape index (κ3) is 3.89. The number of hydrogen-bond donors (Lipinski definition) is 2. The molecule has 28 heavy (non-hydrogen) atoms. The Balaban J connectivity index is 2.22. The van der Waals surface area contributed by atoms with Crippen LogP contribution in [0.1, 0.15) is 15.9 Å².